The number of hydroxylamine groups is 1. The highest BCUT2D eigenvalue weighted by molar-refractivity contribution is 6.32. The Kier molecular flexibility index (Phi) is 4.21. The van der Waals surface area contributed by atoms with Gasteiger partial charge >= 0.3 is 0 Å². The van der Waals surface area contributed by atoms with E-state index in [9.17, 15) is 9.59 Å². The molecule has 1 aromatic heterocycles. The van der Waals surface area contributed by atoms with Gasteiger partial charge in [0.1, 0.15) is 11.6 Å². The molecule has 9 heteroatoms. The van der Waals surface area contributed by atoms with Gasteiger partial charge in [0, 0.05) is 10.6 Å². The number of imidazole rings is 1. The Labute approximate surface area is 158 Å². The first-order valence-corrected chi connectivity index (χ1v) is 8.50. The summed E-state index contributed by atoms with van der Waals surface area (Å²) in [5, 5.41) is 9.45. The van der Waals surface area contributed by atoms with Crippen LogP contribution in [-0.2, 0) is 11.3 Å². The number of carbonyl (C=O) groups excluding carboxylic acids is 2. The number of hydrogen-bond acceptors (Lipinski definition) is 5. The van der Waals surface area contributed by atoms with Crippen LogP contribution in [0.3, 0.4) is 0 Å². The quantitative estimate of drug-likeness (QED) is 0.473. The van der Waals surface area contributed by atoms with E-state index in [4.69, 9.17) is 21.5 Å². The summed E-state index contributed by atoms with van der Waals surface area (Å²) in [5.74, 6) is 0.104. The fourth-order valence-corrected chi connectivity index (χ4v) is 3.16. The summed E-state index contributed by atoms with van der Waals surface area (Å²) in [4.78, 5) is 33.3. The fraction of sp³-hybridized carbons (Fsp3) is 0.167. The molecule has 2 aromatic carbocycles. The van der Waals surface area contributed by atoms with Crippen LogP contribution in [-0.4, -0.2) is 33.6 Å². The largest absolute Gasteiger partial charge is 0.482 e. The second-order valence-electron chi connectivity index (χ2n) is 6.19. The van der Waals surface area contributed by atoms with Gasteiger partial charge in [-0.3, -0.25) is 19.7 Å². The van der Waals surface area contributed by atoms with Crippen LogP contribution in [0.1, 0.15) is 21.7 Å². The molecule has 0 saturated heterocycles. The Morgan fingerprint density at radius 1 is 1.41 bits per heavy atom. The van der Waals surface area contributed by atoms with Crippen molar-refractivity contribution in [3.05, 3.63) is 52.3 Å². The lowest BCUT2D eigenvalue weighted by atomic mass is 10.1. The number of nitrogens with one attached hydrogen (secondary N) is 2. The average molecular weight is 387 g/mol. The van der Waals surface area contributed by atoms with E-state index in [-0.39, 0.29) is 24.6 Å². The number of amides is 2. The van der Waals surface area contributed by atoms with Crippen LogP contribution >= 0.6 is 11.6 Å². The molecule has 0 bridgehead atoms. The van der Waals surface area contributed by atoms with E-state index in [0.717, 1.165) is 11.1 Å². The molecule has 138 valence electrons. The Hall–Kier alpha value is -3.10. The number of hydrogen-bond donors (Lipinski definition) is 3. The van der Waals surface area contributed by atoms with Gasteiger partial charge in [-0.05, 0) is 42.8 Å². The number of ether oxygens (including phenoxy) is 1. The van der Waals surface area contributed by atoms with Crippen molar-refractivity contribution in [3.8, 4) is 5.75 Å². The number of aromatic amines is 1. The van der Waals surface area contributed by atoms with Gasteiger partial charge in [-0.2, -0.15) is 0 Å². The molecule has 1 aliphatic rings. The molecule has 0 atom stereocenters. The second-order valence-corrected chi connectivity index (χ2v) is 6.60. The maximum Gasteiger partial charge on any atom is 0.274 e. The zero-order chi connectivity index (χ0) is 19.1. The van der Waals surface area contributed by atoms with Crippen molar-refractivity contribution in [2.45, 2.75) is 13.5 Å². The van der Waals surface area contributed by atoms with Gasteiger partial charge in [0.2, 0.25) is 0 Å². The standard InChI is InChI=1S/C18H15ClN4O4/c1-9-4-12-13(6-11(9)19)21-16(20-12)7-23-14-5-10(18(25)22-26)2-3-15(14)27-8-17(23)24/h2-6,26H,7-8H2,1H3,(H,20,21)(H,22,25). The highest BCUT2D eigenvalue weighted by Crippen LogP contribution is 2.34. The number of fused-ring (bicyclic) bond motifs is 2. The van der Waals surface area contributed by atoms with Gasteiger partial charge < -0.3 is 9.72 Å². The van der Waals surface area contributed by atoms with Crippen LogP contribution in [0.15, 0.2) is 30.3 Å². The monoisotopic (exact) mass is 386 g/mol. The van der Waals surface area contributed by atoms with Gasteiger partial charge in [0.25, 0.3) is 11.8 Å². The van der Waals surface area contributed by atoms with Gasteiger partial charge in [-0.25, -0.2) is 10.5 Å². The molecule has 0 radical (unpaired) electrons. The maximum absolute atomic E-state index is 12.4. The van der Waals surface area contributed by atoms with Crippen LogP contribution in [0.4, 0.5) is 5.69 Å². The third-order valence-corrected chi connectivity index (χ3v) is 4.79. The zero-order valence-electron chi connectivity index (χ0n) is 14.2. The predicted molar refractivity (Wildman–Crippen MR) is 98.2 cm³/mol. The van der Waals surface area contributed by atoms with Crippen LogP contribution < -0.4 is 15.1 Å². The number of nitrogens with zero attached hydrogens (tertiary/aromatic N) is 2. The van der Waals surface area contributed by atoms with Gasteiger partial charge in [0.15, 0.2) is 6.61 Å². The predicted octanol–water partition coefficient (Wildman–Crippen LogP) is 2.57. The molecule has 1 aliphatic heterocycles. The number of H-pyrrole nitrogens is 1. The molecule has 2 heterocycles. The number of anilines is 1. The molecule has 4 rings (SSSR count). The lowest BCUT2D eigenvalue weighted by Crippen LogP contribution is -2.38. The van der Waals surface area contributed by atoms with Crippen molar-refractivity contribution >= 4 is 40.1 Å². The van der Waals surface area contributed by atoms with E-state index < -0.39 is 5.91 Å². The molecule has 0 aliphatic carbocycles. The van der Waals surface area contributed by atoms with Crippen LogP contribution in [0.25, 0.3) is 11.0 Å². The maximum atomic E-state index is 12.4. The van der Waals surface area contributed by atoms with Gasteiger partial charge in [0.05, 0.1) is 23.3 Å². The smallest absolute Gasteiger partial charge is 0.274 e. The lowest BCUT2D eigenvalue weighted by molar-refractivity contribution is -0.121. The number of aryl methyl sites for hydroxylation is 1. The third kappa shape index (κ3) is 3.09. The molecule has 0 saturated carbocycles. The summed E-state index contributed by atoms with van der Waals surface area (Å²) >= 11 is 6.15. The molecular formula is C18H15ClN4O4. The van der Waals surface area contributed by atoms with E-state index in [1.54, 1.807) is 17.6 Å². The first kappa shape index (κ1) is 17.3. The Morgan fingerprint density at radius 2 is 2.22 bits per heavy atom. The Balaban J connectivity index is 1.72. The zero-order valence-corrected chi connectivity index (χ0v) is 15.0. The minimum atomic E-state index is -0.676. The van der Waals surface area contributed by atoms with E-state index in [2.05, 4.69) is 9.97 Å². The van der Waals surface area contributed by atoms with Crippen molar-refractivity contribution in [2.24, 2.45) is 0 Å². The summed E-state index contributed by atoms with van der Waals surface area (Å²) in [6.45, 7) is 1.96. The van der Waals surface area contributed by atoms with Crippen LogP contribution in [0.5, 0.6) is 5.75 Å². The van der Waals surface area contributed by atoms with Crippen molar-refractivity contribution in [1.29, 1.82) is 0 Å². The van der Waals surface area contributed by atoms with Crippen LogP contribution in [0.2, 0.25) is 5.02 Å². The highest BCUT2D eigenvalue weighted by Gasteiger charge is 2.27. The van der Waals surface area contributed by atoms with Crippen molar-refractivity contribution < 1.29 is 19.5 Å². The van der Waals surface area contributed by atoms with Crippen molar-refractivity contribution in [1.82, 2.24) is 15.4 Å². The minimum Gasteiger partial charge on any atom is -0.482 e. The first-order valence-electron chi connectivity index (χ1n) is 8.12. The molecule has 0 spiro atoms. The number of benzene rings is 2. The lowest BCUT2D eigenvalue weighted by Gasteiger charge is -2.29. The average Bonchev–Trinajstić information content (AvgIpc) is 3.04. The number of halogens is 1. The topological polar surface area (TPSA) is 108 Å². The number of rotatable bonds is 3. The first-order chi connectivity index (χ1) is 13.0. The summed E-state index contributed by atoms with van der Waals surface area (Å²) in [7, 11) is 0. The molecule has 0 fully saturated rings. The van der Waals surface area contributed by atoms with Crippen LogP contribution in [0, 0.1) is 6.92 Å². The summed E-state index contributed by atoms with van der Waals surface area (Å²) in [5.41, 5.74) is 4.66. The van der Waals surface area contributed by atoms with Crippen molar-refractivity contribution in [3.63, 3.8) is 0 Å². The van der Waals surface area contributed by atoms with E-state index in [1.807, 2.05) is 13.0 Å². The second kappa shape index (κ2) is 6.57. The van der Waals surface area contributed by atoms with Crippen molar-refractivity contribution in [2.75, 3.05) is 11.5 Å². The van der Waals surface area contributed by atoms with E-state index >= 15 is 0 Å². The summed E-state index contributed by atoms with van der Waals surface area (Å²) < 4.78 is 5.43. The Bertz CT molecular complexity index is 1040. The summed E-state index contributed by atoms with van der Waals surface area (Å²) in [6, 6.07) is 8.24. The molecule has 2 amide bonds. The minimum absolute atomic E-state index is 0.107. The molecule has 8 nitrogen and oxygen atoms in total. The SMILES string of the molecule is Cc1cc2[nH]c(CN3C(=O)COc4ccc(C(=O)NO)cc43)nc2cc1Cl. The molecular weight excluding hydrogens is 372 g/mol. The highest BCUT2D eigenvalue weighted by atomic mass is 35.5. The number of aromatic nitrogens is 2. The van der Waals surface area contributed by atoms with E-state index in [0.29, 0.717) is 27.8 Å². The Morgan fingerprint density at radius 3 is 3.00 bits per heavy atom. The van der Waals surface area contributed by atoms with Gasteiger partial charge in [-0.15, -0.1) is 0 Å². The molecule has 0 unspecified atom stereocenters. The van der Waals surface area contributed by atoms with Gasteiger partial charge in [-0.1, -0.05) is 11.6 Å². The van der Waals surface area contributed by atoms with E-state index in [1.165, 1.54) is 17.0 Å². The third-order valence-electron chi connectivity index (χ3n) is 4.38. The normalized spacial score (nSPS) is 13.4. The molecule has 27 heavy (non-hydrogen) atoms. The fourth-order valence-electron chi connectivity index (χ4n) is 3.00. The summed E-state index contributed by atoms with van der Waals surface area (Å²) in [6.07, 6.45) is 0. The number of carbonyl (C=O) groups is 2. The molecule has 3 N–H and O–H groups in total. The molecule has 3 aromatic rings.